The molecule has 3 rings (SSSR count). The van der Waals surface area contributed by atoms with E-state index >= 15 is 0 Å². The number of methoxy groups -OCH3 is 1. The number of piperidine rings is 1. The molecule has 0 saturated carbocycles. The lowest BCUT2D eigenvalue weighted by molar-refractivity contribution is 0.397. The molecule has 2 N–H and O–H groups in total. The van der Waals surface area contributed by atoms with Crippen LogP contribution in [0.4, 0.5) is 11.8 Å². The molecule has 2 aromatic rings. The quantitative estimate of drug-likeness (QED) is 0.782. The van der Waals surface area contributed by atoms with Gasteiger partial charge in [-0.05, 0) is 44.0 Å². The normalized spacial score (nSPS) is 14.0. The van der Waals surface area contributed by atoms with Crippen LogP contribution in [0, 0.1) is 6.92 Å². The van der Waals surface area contributed by atoms with E-state index in [2.05, 4.69) is 56.7 Å². The Kier molecular flexibility index (Phi) is 6.22. The number of anilines is 2. The highest BCUT2D eigenvalue weighted by molar-refractivity contribution is 7.80. The van der Waals surface area contributed by atoms with E-state index < -0.39 is 0 Å². The van der Waals surface area contributed by atoms with Gasteiger partial charge >= 0.3 is 0 Å². The van der Waals surface area contributed by atoms with Crippen LogP contribution >= 0.6 is 12.2 Å². The molecule has 138 valence electrons. The highest BCUT2D eigenvalue weighted by Gasteiger charge is 2.15. The number of aromatic nitrogens is 2. The van der Waals surface area contributed by atoms with Crippen LogP contribution in [-0.4, -0.2) is 35.3 Å². The van der Waals surface area contributed by atoms with Crippen LogP contribution in [0.5, 0.6) is 5.88 Å². The number of nitrogens with zero attached hydrogens (tertiary/aromatic N) is 3. The van der Waals surface area contributed by atoms with Crippen molar-refractivity contribution >= 4 is 29.1 Å². The Morgan fingerprint density at radius 1 is 1.15 bits per heavy atom. The van der Waals surface area contributed by atoms with Crippen molar-refractivity contribution < 1.29 is 4.74 Å². The summed E-state index contributed by atoms with van der Waals surface area (Å²) in [6.45, 7) is 4.74. The predicted octanol–water partition coefficient (Wildman–Crippen LogP) is 3.27. The minimum atomic E-state index is 0.450. The van der Waals surface area contributed by atoms with Crippen molar-refractivity contribution in [2.24, 2.45) is 0 Å². The molecule has 0 unspecified atom stereocenters. The lowest BCUT2D eigenvalue weighted by Gasteiger charge is -2.28. The highest BCUT2D eigenvalue weighted by atomic mass is 32.1. The molecule has 1 aromatic heterocycles. The molecule has 0 spiro atoms. The Hall–Kier alpha value is -2.41. The Morgan fingerprint density at radius 3 is 2.58 bits per heavy atom. The van der Waals surface area contributed by atoms with E-state index in [1.54, 1.807) is 7.11 Å². The van der Waals surface area contributed by atoms with E-state index in [0.29, 0.717) is 23.5 Å². The third kappa shape index (κ3) is 5.05. The summed E-state index contributed by atoms with van der Waals surface area (Å²) in [7, 11) is 1.61. The summed E-state index contributed by atoms with van der Waals surface area (Å²) in [5.74, 6) is 1.86. The minimum Gasteiger partial charge on any atom is -0.481 e. The highest BCUT2D eigenvalue weighted by Crippen LogP contribution is 2.22. The molecule has 1 aliphatic rings. The second kappa shape index (κ2) is 8.80. The maximum Gasteiger partial charge on any atom is 0.234 e. The maximum atomic E-state index is 5.38. The Labute approximate surface area is 160 Å². The van der Waals surface area contributed by atoms with Gasteiger partial charge in [0.2, 0.25) is 11.8 Å². The van der Waals surface area contributed by atoms with Crippen molar-refractivity contribution in [3.8, 4) is 5.88 Å². The van der Waals surface area contributed by atoms with Gasteiger partial charge in [0, 0.05) is 25.7 Å². The van der Waals surface area contributed by atoms with E-state index in [1.807, 2.05) is 6.07 Å². The van der Waals surface area contributed by atoms with Gasteiger partial charge in [-0.2, -0.15) is 9.97 Å². The van der Waals surface area contributed by atoms with Gasteiger partial charge < -0.3 is 20.3 Å². The molecule has 6 nitrogen and oxygen atoms in total. The molecule has 1 saturated heterocycles. The largest absolute Gasteiger partial charge is 0.481 e. The topological polar surface area (TPSA) is 62.3 Å². The SMILES string of the molecule is COc1cc(N2CCCCC2)nc(NC(=S)NCc2ccc(C)cc2)n1. The first-order valence-corrected chi connectivity index (χ1v) is 9.33. The molecule has 0 amide bonds. The van der Waals surface area contributed by atoms with E-state index in [0.717, 1.165) is 18.9 Å². The Balaban J connectivity index is 1.63. The number of thiocarbonyl (C=S) groups is 1. The second-order valence-electron chi connectivity index (χ2n) is 6.43. The molecular formula is C19H25N5OS. The first-order valence-electron chi connectivity index (χ1n) is 8.92. The maximum absolute atomic E-state index is 5.38. The summed E-state index contributed by atoms with van der Waals surface area (Å²) in [4.78, 5) is 11.2. The van der Waals surface area contributed by atoms with Crippen LogP contribution in [-0.2, 0) is 6.54 Å². The summed E-state index contributed by atoms with van der Waals surface area (Å²) >= 11 is 5.38. The zero-order chi connectivity index (χ0) is 18.4. The zero-order valence-electron chi connectivity index (χ0n) is 15.3. The van der Waals surface area contributed by atoms with E-state index in [9.17, 15) is 0 Å². The number of aryl methyl sites for hydroxylation is 1. The lowest BCUT2D eigenvalue weighted by atomic mass is 10.1. The van der Waals surface area contributed by atoms with E-state index in [-0.39, 0.29) is 0 Å². The van der Waals surface area contributed by atoms with Gasteiger partial charge in [-0.1, -0.05) is 29.8 Å². The van der Waals surface area contributed by atoms with Crippen molar-refractivity contribution in [3.63, 3.8) is 0 Å². The van der Waals surface area contributed by atoms with Crippen LogP contribution in [0.25, 0.3) is 0 Å². The molecule has 7 heteroatoms. The average Bonchev–Trinajstić information content (AvgIpc) is 2.68. The molecule has 0 atom stereocenters. The molecule has 0 radical (unpaired) electrons. The molecule has 2 heterocycles. The standard InChI is InChI=1S/C19H25N5OS/c1-14-6-8-15(9-7-14)13-20-19(26)23-18-21-16(12-17(22-18)25-2)24-10-4-3-5-11-24/h6-9,12H,3-5,10-11,13H2,1-2H3,(H2,20,21,22,23,26). The molecular weight excluding hydrogens is 346 g/mol. The van der Waals surface area contributed by atoms with Crippen molar-refractivity contribution in [2.75, 3.05) is 30.4 Å². The molecule has 0 aliphatic carbocycles. The molecule has 1 aliphatic heterocycles. The van der Waals surface area contributed by atoms with E-state index in [1.165, 1.54) is 30.4 Å². The second-order valence-corrected chi connectivity index (χ2v) is 6.84. The lowest BCUT2D eigenvalue weighted by Crippen LogP contribution is -2.31. The first kappa shape index (κ1) is 18.4. The fourth-order valence-electron chi connectivity index (χ4n) is 2.89. The number of hydrogen-bond acceptors (Lipinski definition) is 5. The minimum absolute atomic E-state index is 0.450. The van der Waals surface area contributed by atoms with Crippen LogP contribution in [0.2, 0.25) is 0 Å². The van der Waals surface area contributed by atoms with Crippen LogP contribution in [0.3, 0.4) is 0 Å². The molecule has 1 aromatic carbocycles. The number of ether oxygens (including phenoxy) is 1. The van der Waals surface area contributed by atoms with Gasteiger partial charge in [-0.25, -0.2) is 0 Å². The fraction of sp³-hybridized carbons (Fsp3) is 0.421. The number of rotatable bonds is 5. The van der Waals surface area contributed by atoms with Gasteiger partial charge in [0.1, 0.15) is 5.82 Å². The van der Waals surface area contributed by atoms with Gasteiger partial charge in [0.15, 0.2) is 5.11 Å². The summed E-state index contributed by atoms with van der Waals surface area (Å²) in [6, 6.07) is 10.2. The molecule has 1 fully saturated rings. The summed E-state index contributed by atoms with van der Waals surface area (Å²) in [5, 5.41) is 6.75. The van der Waals surface area contributed by atoms with Crippen LogP contribution < -0.4 is 20.3 Å². The van der Waals surface area contributed by atoms with Crippen molar-refractivity contribution in [3.05, 3.63) is 41.5 Å². The first-order chi connectivity index (χ1) is 12.6. The van der Waals surface area contributed by atoms with Crippen molar-refractivity contribution in [1.29, 1.82) is 0 Å². The summed E-state index contributed by atoms with van der Waals surface area (Å²) in [6.07, 6.45) is 3.65. The zero-order valence-corrected chi connectivity index (χ0v) is 16.1. The Bertz CT molecular complexity index is 744. The van der Waals surface area contributed by atoms with Crippen LogP contribution in [0.15, 0.2) is 30.3 Å². The van der Waals surface area contributed by atoms with Gasteiger partial charge in [-0.15, -0.1) is 0 Å². The van der Waals surface area contributed by atoms with Crippen LogP contribution in [0.1, 0.15) is 30.4 Å². The Morgan fingerprint density at radius 2 is 1.88 bits per heavy atom. The monoisotopic (exact) mass is 371 g/mol. The molecule has 26 heavy (non-hydrogen) atoms. The smallest absolute Gasteiger partial charge is 0.234 e. The number of benzene rings is 1. The number of hydrogen-bond donors (Lipinski definition) is 2. The summed E-state index contributed by atoms with van der Waals surface area (Å²) < 4.78 is 5.33. The van der Waals surface area contributed by atoms with Crippen molar-refractivity contribution in [1.82, 2.24) is 15.3 Å². The summed E-state index contributed by atoms with van der Waals surface area (Å²) in [5.41, 5.74) is 2.41. The number of nitrogens with one attached hydrogen (secondary N) is 2. The van der Waals surface area contributed by atoms with Gasteiger partial charge in [-0.3, -0.25) is 0 Å². The van der Waals surface area contributed by atoms with Gasteiger partial charge in [0.05, 0.1) is 7.11 Å². The fourth-order valence-corrected chi connectivity index (χ4v) is 3.06. The third-order valence-corrected chi connectivity index (χ3v) is 4.62. The van der Waals surface area contributed by atoms with Gasteiger partial charge in [0.25, 0.3) is 0 Å². The average molecular weight is 372 g/mol. The predicted molar refractivity (Wildman–Crippen MR) is 109 cm³/mol. The molecule has 0 bridgehead atoms. The third-order valence-electron chi connectivity index (χ3n) is 4.38. The van der Waals surface area contributed by atoms with E-state index in [4.69, 9.17) is 17.0 Å². The van der Waals surface area contributed by atoms with Crippen molar-refractivity contribution in [2.45, 2.75) is 32.7 Å².